The summed E-state index contributed by atoms with van der Waals surface area (Å²) in [6.07, 6.45) is 9.65. The number of rotatable bonds is 5. The molecule has 0 aromatic carbocycles. The topological polar surface area (TPSA) is 37.8 Å². The van der Waals surface area contributed by atoms with Crippen molar-refractivity contribution in [1.82, 2.24) is 9.97 Å². The van der Waals surface area contributed by atoms with Gasteiger partial charge in [-0.1, -0.05) is 0 Å². The average molecular weight is 210 g/mol. The maximum absolute atomic E-state index is 5.62. The molecule has 0 bridgehead atoms. The average Bonchev–Trinajstić information content (AvgIpc) is 2.18. The van der Waals surface area contributed by atoms with Crippen LogP contribution in [0.15, 0.2) is 12.3 Å². The van der Waals surface area contributed by atoms with E-state index in [9.17, 15) is 0 Å². The van der Waals surface area contributed by atoms with Crippen molar-refractivity contribution >= 4 is 17.4 Å². The van der Waals surface area contributed by atoms with Gasteiger partial charge in [0, 0.05) is 19.2 Å². The van der Waals surface area contributed by atoms with Crippen molar-refractivity contribution in [2.75, 3.05) is 11.9 Å². The first-order chi connectivity index (χ1) is 6.83. The molecule has 0 radical (unpaired) electrons. The normalized spacial score (nSPS) is 9.43. The van der Waals surface area contributed by atoms with E-state index in [2.05, 4.69) is 21.2 Å². The van der Waals surface area contributed by atoms with E-state index in [0.717, 1.165) is 31.6 Å². The van der Waals surface area contributed by atoms with Crippen molar-refractivity contribution in [1.29, 1.82) is 0 Å². The summed E-state index contributed by atoms with van der Waals surface area (Å²) in [5.41, 5.74) is 0. The number of nitrogens with zero attached hydrogens (tertiary/aromatic N) is 2. The third-order valence-corrected chi connectivity index (χ3v) is 1.86. The molecule has 0 aliphatic rings. The molecule has 0 amide bonds. The van der Waals surface area contributed by atoms with Crippen LogP contribution in [0.3, 0.4) is 0 Å². The largest absolute Gasteiger partial charge is 0.370 e. The summed E-state index contributed by atoms with van der Waals surface area (Å²) in [7, 11) is 0. The second kappa shape index (κ2) is 6.22. The fourth-order valence-electron chi connectivity index (χ4n) is 1.00. The molecule has 3 nitrogen and oxygen atoms in total. The van der Waals surface area contributed by atoms with E-state index in [1.54, 1.807) is 12.3 Å². The first-order valence-corrected chi connectivity index (χ1v) is 4.86. The lowest BCUT2D eigenvalue weighted by atomic mass is 10.2. The second-order valence-electron chi connectivity index (χ2n) is 2.80. The molecule has 1 heterocycles. The van der Waals surface area contributed by atoms with Gasteiger partial charge in [-0.15, -0.1) is 12.3 Å². The number of halogens is 1. The van der Waals surface area contributed by atoms with Gasteiger partial charge in [0.2, 0.25) is 5.28 Å². The fourth-order valence-corrected chi connectivity index (χ4v) is 1.15. The van der Waals surface area contributed by atoms with Gasteiger partial charge >= 0.3 is 0 Å². The Morgan fingerprint density at radius 3 is 3.07 bits per heavy atom. The molecule has 14 heavy (non-hydrogen) atoms. The molecule has 0 spiro atoms. The maximum Gasteiger partial charge on any atom is 0.224 e. The minimum atomic E-state index is 0.263. The van der Waals surface area contributed by atoms with Crippen molar-refractivity contribution in [3.8, 4) is 12.3 Å². The lowest BCUT2D eigenvalue weighted by Crippen LogP contribution is -2.03. The minimum absolute atomic E-state index is 0.263. The van der Waals surface area contributed by atoms with Crippen LogP contribution in [0.25, 0.3) is 0 Å². The Hall–Kier alpha value is -1.27. The molecule has 0 fully saturated rings. The van der Waals surface area contributed by atoms with Gasteiger partial charge in [0.05, 0.1) is 0 Å². The highest BCUT2D eigenvalue weighted by molar-refractivity contribution is 6.28. The third kappa shape index (κ3) is 4.11. The van der Waals surface area contributed by atoms with Crippen LogP contribution in [0.4, 0.5) is 5.82 Å². The molecule has 1 N–H and O–H groups in total. The molecule has 1 aromatic heterocycles. The number of aromatic nitrogens is 2. The second-order valence-corrected chi connectivity index (χ2v) is 3.14. The maximum atomic E-state index is 5.62. The van der Waals surface area contributed by atoms with Crippen LogP contribution in [-0.2, 0) is 0 Å². The number of hydrogen-bond acceptors (Lipinski definition) is 3. The summed E-state index contributed by atoms with van der Waals surface area (Å²) in [6.45, 7) is 0.856. The van der Waals surface area contributed by atoms with Crippen LogP contribution >= 0.6 is 11.6 Å². The van der Waals surface area contributed by atoms with Crippen LogP contribution in [0.5, 0.6) is 0 Å². The summed E-state index contributed by atoms with van der Waals surface area (Å²) in [5.74, 6) is 3.36. The Bertz CT molecular complexity index is 319. The number of hydrogen-bond donors (Lipinski definition) is 1. The lowest BCUT2D eigenvalue weighted by molar-refractivity contribution is 0.787. The molecule has 74 valence electrons. The van der Waals surface area contributed by atoms with Crippen molar-refractivity contribution in [3.05, 3.63) is 17.5 Å². The molecule has 0 aliphatic heterocycles. The molecule has 1 rings (SSSR count). The molecule has 0 saturated carbocycles. The van der Waals surface area contributed by atoms with Crippen molar-refractivity contribution in [2.45, 2.75) is 19.3 Å². The molecule has 1 aromatic rings. The first kappa shape index (κ1) is 10.8. The van der Waals surface area contributed by atoms with E-state index in [1.807, 2.05) is 0 Å². The molecule has 4 heteroatoms. The molecular weight excluding hydrogens is 198 g/mol. The van der Waals surface area contributed by atoms with Gasteiger partial charge in [0.1, 0.15) is 5.82 Å². The SMILES string of the molecule is C#CCCCCNc1ccnc(Cl)n1. The van der Waals surface area contributed by atoms with Gasteiger partial charge in [0.25, 0.3) is 0 Å². The monoisotopic (exact) mass is 209 g/mol. The predicted molar refractivity (Wildman–Crippen MR) is 58.2 cm³/mol. The van der Waals surface area contributed by atoms with Gasteiger partial charge < -0.3 is 5.32 Å². The Labute approximate surface area is 88.9 Å². The number of unbranched alkanes of at least 4 members (excludes halogenated alkanes) is 2. The van der Waals surface area contributed by atoms with Crippen LogP contribution in [0, 0.1) is 12.3 Å². The quantitative estimate of drug-likeness (QED) is 0.460. The van der Waals surface area contributed by atoms with Gasteiger partial charge in [-0.05, 0) is 30.5 Å². The van der Waals surface area contributed by atoms with E-state index >= 15 is 0 Å². The van der Waals surface area contributed by atoms with Gasteiger partial charge in [-0.2, -0.15) is 0 Å². The van der Waals surface area contributed by atoms with Gasteiger partial charge in [-0.25, -0.2) is 9.97 Å². The minimum Gasteiger partial charge on any atom is -0.370 e. The number of anilines is 1. The molecule has 0 unspecified atom stereocenters. The van der Waals surface area contributed by atoms with E-state index in [0.29, 0.717) is 0 Å². The van der Waals surface area contributed by atoms with Gasteiger partial charge in [-0.3, -0.25) is 0 Å². The predicted octanol–water partition coefficient (Wildman–Crippen LogP) is 2.35. The Balaban J connectivity index is 2.22. The number of terminal acetylenes is 1. The van der Waals surface area contributed by atoms with Crippen LogP contribution in [0.1, 0.15) is 19.3 Å². The van der Waals surface area contributed by atoms with E-state index < -0.39 is 0 Å². The highest BCUT2D eigenvalue weighted by Gasteiger charge is 1.94. The zero-order valence-corrected chi connectivity index (χ0v) is 8.59. The van der Waals surface area contributed by atoms with Crippen LogP contribution in [-0.4, -0.2) is 16.5 Å². The Kier molecular flexibility index (Phi) is 4.81. The zero-order valence-electron chi connectivity index (χ0n) is 7.83. The standard InChI is InChI=1S/C10H12ClN3/c1-2-3-4-5-7-12-9-6-8-13-10(11)14-9/h1,6,8H,3-5,7H2,(H,12,13,14). The van der Waals surface area contributed by atoms with Crippen LogP contribution < -0.4 is 5.32 Å². The number of nitrogens with one attached hydrogen (secondary N) is 1. The summed E-state index contributed by atoms with van der Waals surface area (Å²) >= 11 is 5.62. The highest BCUT2D eigenvalue weighted by Crippen LogP contribution is 2.06. The van der Waals surface area contributed by atoms with E-state index in [4.69, 9.17) is 18.0 Å². The van der Waals surface area contributed by atoms with Crippen molar-refractivity contribution in [2.24, 2.45) is 0 Å². The summed E-state index contributed by atoms with van der Waals surface area (Å²) in [6, 6.07) is 1.78. The van der Waals surface area contributed by atoms with E-state index in [-0.39, 0.29) is 5.28 Å². The smallest absolute Gasteiger partial charge is 0.224 e. The van der Waals surface area contributed by atoms with E-state index in [1.165, 1.54) is 0 Å². The Morgan fingerprint density at radius 2 is 2.36 bits per heavy atom. The van der Waals surface area contributed by atoms with Crippen molar-refractivity contribution in [3.63, 3.8) is 0 Å². The molecule has 0 atom stereocenters. The Morgan fingerprint density at radius 1 is 1.50 bits per heavy atom. The van der Waals surface area contributed by atoms with Crippen LogP contribution in [0.2, 0.25) is 5.28 Å². The summed E-state index contributed by atoms with van der Waals surface area (Å²) < 4.78 is 0. The van der Waals surface area contributed by atoms with Crippen molar-refractivity contribution < 1.29 is 0 Å². The van der Waals surface area contributed by atoms with Gasteiger partial charge in [0.15, 0.2) is 0 Å². The fraction of sp³-hybridized carbons (Fsp3) is 0.400. The molecule has 0 aliphatic carbocycles. The summed E-state index contributed by atoms with van der Waals surface area (Å²) in [5, 5.41) is 3.40. The molecule has 0 saturated heterocycles. The zero-order chi connectivity index (χ0) is 10.2. The first-order valence-electron chi connectivity index (χ1n) is 4.49. The molecular formula is C10H12ClN3. The summed E-state index contributed by atoms with van der Waals surface area (Å²) in [4.78, 5) is 7.78. The highest BCUT2D eigenvalue weighted by atomic mass is 35.5. The lowest BCUT2D eigenvalue weighted by Gasteiger charge is -2.03. The third-order valence-electron chi connectivity index (χ3n) is 1.68.